The molecule has 3 rings (SSSR count). The zero-order valence-electron chi connectivity index (χ0n) is 14.2. The molecule has 0 radical (unpaired) electrons. The lowest BCUT2D eigenvalue weighted by Crippen LogP contribution is -2.14. The van der Waals surface area contributed by atoms with Crippen molar-refractivity contribution in [3.8, 4) is 0 Å². The lowest BCUT2D eigenvalue weighted by Gasteiger charge is -2.13. The highest BCUT2D eigenvalue weighted by atomic mass is 16.5. The average Bonchev–Trinajstić information content (AvgIpc) is 3.14. The number of rotatable bonds is 4. The number of ether oxygens (including phenoxy) is 1. The number of hydrogen-bond donors (Lipinski definition) is 2. The highest BCUT2D eigenvalue weighted by Gasteiger charge is 2.24. The number of carbonyl (C=O) groups is 2. The second-order valence-electron chi connectivity index (χ2n) is 6.18. The zero-order valence-corrected chi connectivity index (χ0v) is 14.2. The number of esters is 1. The van der Waals surface area contributed by atoms with Crippen LogP contribution in [0.4, 0.5) is 11.4 Å². The summed E-state index contributed by atoms with van der Waals surface area (Å²) in [7, 11) is 3.05. The monoisotopic (exact) mass is 330 g/mol. The molecule has 128 valence electrons. The Morgan fingerprint density at radius 2 is 2.04 bits per heavy atom. The fraction of sp³-hybridized carbons (Fsp3) is 0.471. The van der Waals surface area contributed by atoms with Gasteiger partial charge in [-0.1, -0.05) is 12.8 Å². The van der Waals surface area contributed by atoms with Gasteiger partial charge in [-0.15, -0.1) is 0 Å². The van der Waals surface area contributed by atoms with Gasteiger partial charge in [-0.2, -0.15) is 0 Å². The molecule has 0 atom stereocenters. The Kier molecular flexibility index (Phi) is 4.42. The molecule has 24 heavy (non-hydrogen) atoms. The molecule has 0 spiro atoms. The lowest BCUT2D eigenvalue weighted by atomic mass is 10.2. The van der Waals surface area contributed by atoms with Crippen LogP contribution in [0.2, 0.25) is 0 Å². The summed E-state index contributed by atoms with van der Waals surface area (Å²) < 4.78 is 6.50. The van der Waals surface area contributed by atoms with E-state index in [0.717, 1.165) is 23.9 Å². The van der Waals surface area contributed by atoms with Gasteiger partial charge in [-0.25, -0.2) is 9.78 Å². The molecule has 2 aromatic rings. The number of pyridine rings is 1. The number of anilines is 2. The van der Waals surface area contributed by atoms with E-state index in [-0.39, 0.29) is 11.6 Å². The van der Waals surface area contributed by atoms with Crippen molar-refractivity contribution in [2.24, 2.45) is 7.05 Å². The molecule has 7 heteroatoms. The predicted molar refractivity (Wildman–Crippen MR) is 92.2 cm³/mol. The van der Waals surface area contributed by atoms with Crippen LogP contribution in [0.15, 0.2) is 12.3 Å². The van der Waals surface area contributed by atoms with Gasteiger partial charge in [0.05, 0.1) is 24.7 Å². The number of aryl methyl sites for hydroxylation is 1. The Morgan fingerprint density at radius 1 is 1.33 bits per heavy atom. The normalized spacial score (nSPS) is 14.8. The number of aromatic nitrogens is 2. The van der Waals surface area contributed by atoms with Gasteiger partial charge in [0.15, 0.2) is 5.69 Å². The summed E-state index contributed by atoms with van der Waals surface area (Å²) in [6.07, 6.45) is 6.54. The molecule has 0 aromatic carbocycles. The summed E-state index contributed by atoms with van der Waals surface area (Å²) in [6.45, 7) is 1.41. The van der Waals surface area contributed by atoms with Gasteiger partial charge in [0.25, 0.3) is 0 Å². The van der Waals surface area contributed by atoms with Crippen LogP contribution in [0, 0.1) is 0 Å². The molecule has 1 aliphatic rings. The molecule has 0 saturated heterocycles. The summed E-state index contributed by atoms with van der Waals surface area (Å²) in [5.41, 5.74) is 2.24. The first-order valence-electron chi connectivity index (χ1n) is 8.12. The maximum Gasteiger partial charge on any atom is 0.356 e. The van der Waals surface area contributed by atoms with Crippen molar-refractivity contribution in [1.29, 1.82) is 0 Å². The van der Waals surface area contributed by atoms with E-state index in [1.54, 1.807) is 17.8 Å². The molecule has 0 bridgehead atoms. The van der Waals surface area contributed by atoms with E-state index in [0.29, 0.717) is 17.4 Å². The molecule has 2 N–H and O–H groups in total. The van der Waals surface area contributed by atoms with Crippen molar-refractivity contribution in [2.45, 2.75) is 38.6 Å². The van der Waals surface area contributed by atoms with E-state index in [1.165, 1.54) is 26.9 Å². The van der Waals surface area contributed by atoms with Crippen LogP contribution in [0.25, 0.3) is 11.0 Å². The molecule has 1 fully saturated rings. The van der Waals surface area contributed by atoms with E-state index in [9.17, 15) is 9.59 Å². The average molecular weight is 330 g/mol. The predicted octanol–water partition coefficient (Wildman–Crippen LogP) is 2.67. The summed E-state index contributed by atoms with van der Waals surface area (Å²) in [6, 6.07) is 2.38. The molecule has 2 heterocycles. The molecule has 1 aliphatic carbocycles. The first-order chi connectivity index (χ1) is 11.5. The topological polar surface area (TPSA) is 85.2 Å². The van der Waals surface area contributed by atoms with E-state index >= 15 is 0 Å². The number of fused-ring (bicyclic) bond motifs is 1. The van der Waals surface area contributed by atoms with Crippen LogP contribution in [-0.4, -0.2) is 34.6 Å². The molecule has 2 aromatic heterocycles. The van der Waals surface area contributed by atoms with Gasteiger partial charge in [-0.05, 0) is 18.9 Å². The van der Waals surface area contributed by atoms with Crippen LogP contribution < -0.4 is 10.6 Å². The Labute approximate surface area is 140 Å². The molecule has 7 nitrogen and oxygen atoms in total. The van der Waals surface area contributed by atoms with Crippen LogP contribution in [0.3, 0.4) is 0 Å². The number of nitrogens with zero attached hydrogens (tertiary/aromatic N) is 2. The van der Waals surface area contributed by atoms with Crippen LogP contribution in [-0.2, 0) is 16.6 Å². The van der Waals surface area contributed by atoms with Gasteiger partial charge in [-0.3, -0.25) is 4.79 Å². The molecular formula is C17H22N4O3. The molecule has 1 saturated carbocycles. The number of methoxy groups -OCH3 is 1. The van der Waals surface area contributed by atoms with Crippen LogP contribution in [0.1, 0.15) is 43.1 Å². The molecule has 0 aliphatic heterocycles. The third-order valence-electron chi connectivity index (χ3n) is 4.43. The maximum atomic E-state index is 12.1. The number of hydrogen-bond acceptors (Lipinski definition) is 5. The van der Waals surface area contributed by atoms with E-state index < -0.39 is 5.97 Å². The minimum atomic E-state index is -0.510. The lowest BCUT2D eigenvalue weighted by molar-refractivity contribution is -0.114. The molecular weight excluding hydrogens is 308 g/mol. The van der Waals surface area contributed by atoms with Crippen molar-refractivity contribution in [3.05, 3.63) is 18.0 Å². The van der Waals surface area contributed by atoms with Crippen molar-refractivity contribution in [3.63, 3.8) is 0 Å². The Morgan fingerprint density at radius 3 is 2.67 bits per heavy atom. The SMILES string of the molecule is COC(=O)c1c(NC(C)=O)c2cc(NC3CCCC3)cnc2n1C. The van der Waals surface area contributed by atoms with E-state index in [4.69, 9.17) is 4.74 Å². The van der Waals surface area contributed by atoms with Gasteiger partial charge >= 0.3 is 5.97 Å². The summed E-state index contributed by atoms with van der Waals surface area (Å²) in [4.78, 5) is 28.2. The quantitative estimate of drug-likeness (QED) is 0.842. The van der Waals surface area contributed by atoms with Crippen molar-refractivity contribution >= 4 is 34.3 Å². The highest BCUT2D eigenvalue weighted by molar-refractivity contribution is 6.10. The fourth-order valence-electron chi connectivity index (χ4n) is 3.33. The minimum absolute atomic E-state index is 0.248. The van der Waals surface area contributed by atoms with Gasteiger partial charge in [0, 0.05) is 25.4 Å². The van der Waals surface area contributed by atoms with Crippen LogP contribution in [0.5, 0.6) is 0 Å². The number of nitrogens with one attached hydrogen (secondary N) is 2. The van der Waals surface area contributed by atoms with E-state index in [1.807, 2.05) is 6.07 Å². The molecule has 0 unspecified atom stereocenters. The third-order valence-corrected chi connectivity index (χ3v) is 4.43. The second-order valence-corrected chi connectivity index (χ2v) is 6.18. The minimum Gasteiger partial charge on any atom is -0.464 e. The summed E-state index contributed by atoms with van der Waals surface area (Å²) in [5, 5.41) is 6.95. The van der Waals surface area contributed by atoms with Crippen molar-refractivity contribution < 1.29 is 14.3 Å². The fourth-order valence-corrected chi connectivity index (χ4v) is 3.33. The Balaban J connectivity index is 2.08. The van der Waals surface area contributed by atoms with Crippen molar-refractivity contribution in [1.82, 2.24) is 9.55 Å². The number of amides is 1. The first kappa shape index (κ1) is 16.3. The zero-order chi connectivity index (χ0) is 17.3. The van der Waals surface area contributed by atoms with Gasteiger partial charge < -0.3 is 19.9 Å². The van der Waals surface area contributed by atoms with Gasteiger partial charge in [0.1, 0.15) is 5.65 Å². The third kappa shape index (κ3) is 2.93. The largest absolute Gasteiger partial charge is 0.464 e. The van der Waals surface area contributed by atoms with Crippen molar-refractivity contribution in [2.75, 3.05) is 17.7 Å². The van der Waals surface area contributed by atoms with E-state index in [2.05, 4.69) is 15.6 Å². The summed E-state index contributed by atoms with van der Waals surface area (Å²) in [5.74, 6) is -0.758. The Hall–Kier alpha value is -2.57. The highest BCUT2D eigenvalue weighted by Crippen LogP contribution is 2.32. The maximum absolute atomic E-state index is 12.1. The summed E-state index contributed by atoms with van der Waals surface area (Å²) >= 11 is 0. The molecule has 1 amide bonds. The van der Waals surface area contributed by atoms with Crippen LogP contribution >= 0.6 is 0 Å². The Bertz CT molecular complexity index is 791. The smallest absolute Gasteiger partial charge is 0.356 e. The second kappa shape index (κ2) is 6.51. The standard InChI is InChI=1S/C17H22N4O3/c1-10(22)19-14-13-8-12(20-11-6-4-5-7-11)9-18-16(13)21(2)15(14)17(23)24-3/h8-9,11,20H,4-7H2,1-3H3,(H,19,22). The number of carbonyl (C=O) groups excluding carboxylic acids is 2. The van der Waals surface area contributed by atoms with Gasteiger partial charge in [0.2, 0.25) is 5.91 Å². The first-order valence-corrected chi connectivity index (χ1v) is 8.12.